The molecule has 3 rings (SSSR count). The van der Waals surface area contributed by atoms with Crippen molar-refractivity contribution in [2.45, 2.75) is 45.9 Å². The summed E-state index contributed by atoms with van der Waals surface area (Å²) >= 11 is 0. The molecule has 8 nitrogen and oxygen atoms in total. The molecule has 0 radical (unpaired) electrons. The molecule has 0 bridgehead atoms. The second-order valence-corrected chi connectivity index (χ2v) is 7.79. The third-order valence-electron chi connectivity index (χ3n) is 5.50. The van der Waals surface area contributed by atoms with Crippen molar-refractivity contribution in [3.8, 4) is 0 Å². The van der Waals surface area contributed by atoms with Crippen molar-refractivity contribution in [3.63, 3.8) is 0 Å². The summed E-state index contributed by atoms with van der Waals surface area (Å²) in [6.07, 6.45) is 2.01. The molecule has 0 spiro atoms. The van der Waals surface area contributed by atoms with Gasteiger partial charge in [0.1, 0.15) is 0 Å². The minimum atomic E-state index is -0.233. The van der Waals surface area contributed by atoms with Gasteiger partial charge in [0.15, 0.2) is 5.96 Å². The van der Waals surface area contributed by atoms with Crippen LogP contribution in [0.3, 0.4) is 0 Å². The summed E-state index contributed by atoms with van der Waals surface area (Å²) in [6, 6.07) is 8.44. The summed E-state index contributed by atoms with van der Waals surface area (Å²) in [7, 11) is 0. The first-order chi connectivity index (χ1) is 15.2. The van der Waals surface area contributed by atoms with Gasteiger partial charge in [-0.3, -0.25) is 0 Å². The van der Waals surface area contributed by atoms with E-state index in [0.29, 0.717) is 39.0 Å². The number of piperazine rings is 1. The van der Waals surface area contributed by atoms with Crippen LogP contribution in [0.25, 0.3) is 0 Å². The maximum atomic E-state index is 11.9. The Labute approximate surface area is 185 Å². The van der Waals surface area contributed by atoms with E-state index in [1.807, 2.05) is 6.92 Å². The lowest BCUT2D eigenvalue weighted by atomic mass is 10.1. The zero-order valence-corrected chi connectivity index (χ0v) is 18.8. The second kappa shape index (κ2) is 12.5. The van der Waals surface area contributed by atoms with Gasteiger partial charge in [-0.15, -0.1) is 0 Å². The molecule has 31 heavy (non-hydrogen) atoms. The monoisotopic (exact) mass is 432 g/mol. The van der Waals surface area contributed by atoms with E-state index in [0.717, 1.165) is 57.2 Å². The largest absolute Gasteiger partial charge is 0.450 e. The Morgan fingerprint density at radius 3 is 2.55 bits per heavy atom. The van der Waals surface area contributed by atoms with Gasteiger partial charge in [-0.2, -0.15) is 0 Å². The highest BCUT2D eigenvalue weighted by Gasteiger charge is 2.23. The molecule has 1 aromatic carbocycles. The van der Waals surface area contributed by atoms with E-state index in [-0.39, 0.29) is 6.09 Å². The molecular formula is C23H36N4O4. The number of aliphatic imine (C=N–C) groups is 1. The fraction of sp³-hybridized carbons (Fsp3) is 0.652. The van der Waals surface area contributed by atoms with Crippen LogP contribution in [-0.4, -0.2) is 80.5 Å². The summed E-state index contributed by atoms with van der Waals surface area (Å²) in [5.74, 6) is 0.884. The van der Waals surface area contributed by atoms with Gasteiger partial charge in [0.25, 0.3) is 0 Å². The van der Waals surface area contributed by atoms with E-state index >= 15 is 0 Å². The SMILES string of the molecule is CCNC(=NCc1cccc(COC2CCOCC2)c1)N1CCN(C(=O)OCC)CC1. The Kier molecular flexibility index (Phi) is 9.42. The predicted octanol–water partition coefficient (Wildman–Crippen LogP) is 2.62. The van der Waals surface area contributed by atoms with Gasteiger partial charge in [0.05, 0.1) is 25.9 Å². The number of ether oxygens (including phenoxy) is 3. The highest BCUT2D eigenvalue weighted by molar-refractivity contribution is 5.80. The number of nitrogens with zero attached hydrogens (tertiary/aromatic N) is 3. The fourth-order valence-electron chi connectivity index (χ4n) is 3.78. The van der Waals surface area contributed by atoms with Crippen molar-refractivity contribution in [2.24, 2.45) is 4.99 Å². The van der Waals surface area contributed by atoms with Crippen LogP contribution in [0.1, 0.15) is 37.8 Å². The minimum Gasteiger partial charge on any atom is -0.450 e. The number of carbonyl (C=O) groups excluding carboxylic acids is 1. The number of guanidine groups is 1. The van der Waals surface area contributed by atoms with Crippen molar-refractivity contribution in [1.29, 1.82) is 0 Å². The second-order valence-electron chi connectivity index (χ2n) is 7.79. The molecule has 1 amide bonds. The summed E-state index contributed by atoms with van der Waals surface area (Å²) in [6.45, 7) is 10.7. The molecular weight excluding hydrogens is 396 g/mol. The van der Waals surface area contributed by atoms with E-state index in [2.05, 4.69) is 41.4 Å². The lowest BCUT2D eigenvalue weighted by Gasteiger charge is -2.35. The van der Waals surface area contributed by atoms with Gasteiger partial charge < -0.3 is 29.3 Å². The molecule has 2 heterocycles. The van der Waals surface area contributed by atoms with Crippen molar-refractivity contribution >= 4 is 12.1 Å². The van der Waals surface area contributed by atoms with Crippen LogP contribution < -0.4 is 5.32 Å². The predicted molar refractivity (Wildman–Crippen MR) is 120 cm³/mol. The number of carbonyl (C=O) groups is 1. The third-order valence-corrected chi connectivity index (χ3v) is 5.50. The molecule has 2 aliphatic rings. The number of hydrogen-bond donors (Lipinski definition) is 1. The maximum absolute atomic E-state index is 11.9. The zero-order valence-electron chi connectivity index (χ0n) is 18.8. The van der Waals surface area contributed by atoms with Gasteiger partial charge >= 0.3 is 6.09 Å². The summed E-state index contributed by atoms with van der Waals surface area (Å²) in [4.78, 5) is 20.7. The topological polar surface area (TPSA) is 75.6 Å². The zero-order chi connectivity index (χ0) is 21.9. The Bertz CT molecular complexity index is 713. The summed E-state index contributed by atoms with van der Waals surface area (Å²) in [5.41, 5.74) is 2.33. The maximum Gasteiger partial charge on any atom is 0.409 e. The van der Waals surface area contributed by atoms with Gasteiger partial charge in [-0.25, -0.2) is 9.79 Å². The van der Waals surface area contributed by atoms with E-state index in [1.165, 1.54) is 5.56 Å². The van der Waals surface area contributed by atoms with Crippen LogP contribution in [-0.2, 0) is 27.4 Å². The van der Waals surface area contributed by atoms with Gasteiger partial charge in [0, 0.05) is 45.9 Å². The normalized spacial score (nSPS) is 18.2. The molecule has 0 atom stereocenters. The first kappa shape index (κ1) is 23.3. The average Bonchev–Trinajstić information content (AvgIpc) is 2.82. The summed E-state index contributed by atoms with van der Waals surface area (Å²) < 4.78 is 16.6. The quantitative estimate of drug-likeness (QED) is 0.527. The van der Waals surface area contributed by atoms with Crippen LogP contribution in [0.5, 0.6) is 0 Å². The van der Waals surface area contributed by atoms with Crippen LogP contribution in [0.2, 0.25) is 0 Å². The smallest absolute Gasteiger partial charge is 0.409 e. The molecule has 172 valence electrons. The summed E-state index contributed by atoms with van der Waals surface area (Å²) in [5, 5.41) is 3.38. The van der Waals surface area contributed by atoms with E-state index < -0.39 is 0 Å². The van der Waals surface area contributed by atoms with Crippen molar-refractivity contribution < 1.29 is 19.0 Å². The lowest BCUT2D eigenvalue weighted by molar-refractivity contribution is -0.0390. The molecule has 8 heteroatoms. The van der Waals surface area contributed by atoms with E-state index in [1.54, 1.807) is 4.90 Å². The molecule has 2 fully saturated rings. The molecule has 0 saturated carbocycles. The number of benzene rings is 1. The van der Waals surface area contributed by atoms with Crippen LogP contribution in [0.15, 0.2) is 29.3 Å². The molecule has 0 aliphatic carbocycles. The fourth-order valence-corrected chi connectivity index (χ4v) is 3.78. The highest BCUT2D eigenvalue weighted by Crippen LogP contribution is 2.15. The lowest BCUT2D eigenvalue weighted by Crippen LogP contribution is -2.53. The average molecular weight is 433 g/mol. The highest BCUT2D eigenvalue weighted by atomic mass is 16.6. The molecule has 1 aromatic rings. The van der Waals surface area contributed by atoms with E-state index in [4.69, 9.17) is 19.2 Å². The van der Waals surface area contributed by atoms with Crippen LogP contribution in [0, 0.1) is 0 Å². The van der Waals surface area contributed by atoms with Crippen LogP contribution >= 0.6 is 0 Å². The van der Waals surface area contributed by atoms with Crippen molar-refractivity contribution in [2.75, 3.05) is 52.5 Å². The number of rotatable bonds is 7. The van der Waals surface area contributed by atoms with Crippen molar-refractivity contribution in [3.05, 3.63) is 35.4 Å². The van der Waals surface area contributed by atoms with Gasteiger partial charge in [-0.05, 0) is 37.8 Å². The number of hydrogen-bond acceptors (Lipinski definition) is 5. The Morgan fingerprint density at radius 1 is 1.13 bits per heavy atom. The molecule has 0 unspecified atom stereocenters. The Hall–Kier alpha value is -2.32. The first-order valence-electron chi connectivity index (χ1n) is 11.4. The molecule has 1 N–H and O–H groups in total. The molecule has 2 saturated heterocycles. The van der Waals surface area contributed by atoms with Gasteiger partial charge in [0.2, 0.25) is 0 Å². The van der Waals surface area contributed by atoms with E-state index in [9.17, 15) is 4.79 Å². The minimum absolute atomic E-state index is 0.233. The first-order valence-corrected chi connectivity index (χ1v) is 11.4. The van der Waals surface area contributed by atoms with Crippen molar-refractivity contribution in [1.82, 2.24) is 15.1 Å². The molecule has 2 aliphatic heterocycles. The number of nitrogens with one attached hydrogen (secondary N) is 1. The Morgan fingerprint density at radius 2 is 1.84 bits per heavy atom. The van der Waals surface area contributed by atoms with Crippen LogP contribution in [0.4, 0.5) is 4.79 Å². The Balaban J connectivity index is 1.53. The van der Waals surface area contributed by atoms with Gasteiger partial charge in [-0.1, -0.05) is 24.3 Å². The standard InChI is InChI=1S/C23H36N4O4/c1-3-24-22(26-10-12-27(13-11-26)23(28)30-4-2)25-17-19-6-5-7-20(16-19)18-31-21-8-14-29-15-9-21/h5-7,16,21H,3-4,8-15,17-18H2,1-2H3,(H,24,25). The molecule has 0 aromatic heterocycles. The third kappa shape index (κ3) is 7.40. The number of amides is 1.